The van der Waals surface area contributed by atoms with E-state index in [4.69, 9.17) is 5.73 Å². The van der Waals surface area contributed by atoms with Crippen LogP contribution in [0.5, 0.6) is 0 Å². The van der Waals surface area contributed by atoms with Gasteiger partial charge in [-0.25, -0.2) is 0 Å². The van der Waals surface area contributed by atoms with Crippen LogP contribution in [0.2, 0.25) is 0 Å². The van der Waals surface area contributed by atoms with Crippen molar-refractivity contribution in [2.75, 3.05) is 25.0 Å². The Morgan fingerprint density at radius 1 is 1.37 bits per heavy atom. The van der Waals surface area contributed by atoms with Crippen molar-refractivity contribution >= 4 is 11.7 Å². The highest BCUT2D eigenvalue weighted by Crippen LogP contribution is 2.12. The summed E-state index contributed by atoms with van der Waals surface area (Å²) in [5.41, 5.74) is 5.30. The summed E-state index contributed by atoms with van der Waals surface area (Å²) in [6.07, 6.45) is 3.92. The summed E-state index contributed by atoms with van der Waals surface area (Å²) in [4.78, 5) is 13.4. The molecular weight excluding hydrogens is 242 g/mol. The van der Waals surface area contributed by atoms with Gasteiger partial charge >= 0.3 is 0 Å². The maximum absolute atomic E-state index is 10.9. The second kappa shape index (κ2) is 6.47. The summed E-state index contributed by atoms with van der Waals surface area (Å²) < 4.78 is 0. The number of anilines is 1. The van der Waals surface area contributed by atoms with E-state index < -0.39 is 5.91 Å². The lowest BCUT2D eigenvalue weighted by Gasteiger charge is -2.32. The Morgan fingerprint density at radius 3 is 2.68 bits per heavy atom. The Kier molecular flexibility index (Phi) is 4.68. The van der Waals surface area contributed by atoms with Crippen LogP contribution in [-0.4, -0.2) is 46.7 Å². The summed E-state index contributed by atoms with van der Waals surface area (Å²) >= 11 is 0. The summed E-state index contributed by atoms with van der Waals surface area (Å²) in [5.74, 6) is 0.120. The molecule has 1 aromatic heterocycles. The number of rotatable bonds is 5. The number of aromatic nitrogens is 2. The molecule has 104 valence electrons. The van der Waals surface area contributed by atoms with Gasteiger partial charge < -0.3 is 11.1 Å². The fraction of sp³-hybridized carbons (Fsp3) is 0.615. The van der Waals surface area contributed by atoms with Crippen molar-refractivity contribution < 1.29 is 4.79 Å². The largest absolute Gasteiger partial charge is 0.367 e. The van der Waals surface area contributed by atoms with Crippen molar-refractivity contribution in [3.05, 3.63) is 17.8 Å². The predicted octanol–water partition coefficient (Wildman–Crippen LogP) is 0.862. The highest BCUT2D eigenvalue weighted by Gasteiger charge is 2.16. The molecule has 0 bridgehead atoms. The SMILES string of the molecule is CC(CNc1ccc(C(N)=O)nn1)N1CCCCC1. The Hall–Kier alpha value is -1.69. The zero-order valence-electron chi connectivity index (χ0n) is 11.3. The average molecular weight is 263 g/mol. The van der Waals surface area contributed by atoms with Crippen molar-refractivity contribution in [2.24, 2.45) is 5.73 Å². The van der Waals surface area contributed by atoms with E-state index in [-0.39, 0.29) is 5.69 Å². The number of primary amides is 1. The first-order valence-corrected chi connectivity index (χ1v) is 6.78. The van der Waals surface area contributed by atoms with E-state index >= 15 is 0 Å². The standard InChI is InChI=1S/C13H21N5O/c1-10(18-7-3-2-4-8-18)9-15-12-6-5-11(13(14)19)16-17-12/h5-6,10H,2-4,7-9H2,1H3,(H2,14,19)(H,15,17). The fourth-order valence-electron chi connectivity index (χ4n) is 2.30. The number of hydrogen-bond acceptors (Lipinski definition) is 5. The Labute approximate surface area is 113 Å². The highest BCUT2D eigenvalue weighted by atomic mass is 16.1. The van der Waals surface area contributed by atoms with E-state index in [1.165, 1.54) is 32.4 Å². The fourth-order valence-corrected chi connectivity index (χ4v) is 2.30. The molecule has 1 fully saturated rings. The van der Waals surface area contributed by atoms with E-state index in [0.717, 1.165) is 6.54 Å². The van der Waals surface area contributed by atoms with Crippen LogP contribution in [0.3, 0.4) is 0 Å². The van der Waals surface area contributed by atoms with Gasteiger partial charge in [-0.3, -0.25) is 9.69 Å². The minimum Gasteiger partial charge on any atom is -0.367 e. The molecule has 1 amide bonds. The molecular formula is C13H21N5O. The lowest BCUT2D eigenvalue weighted by molar-refractivity contribution is 0.0994. The topological polar surface area (TPSA) is 84.1 Å². The minimum atomic E-state index is -0.555. The number of hydrogen-bond donors (Lipinski definition) is 2. The van der Waals surface area contributed by atoms with Crippen LogP contribution in [0, 0.1) is 0 Å². The van der Waals surface area contributed by atoms with Gasteiger partial charge in [0.1, 0.15) is 5.82 Å². The van der Waals surface area contributed by atoms with Crippen LogP contribution in [0.1, 0.15) is 36.7 Å². The smallest absolute Gasteiger partial charge is 0.269 e. The molecule has 6 heteroatoms. The predicted molar refractivity (Wildman–Crippen MR) is 73.9 cm³/mol. The first-order chi connectivity index (χ1) is 9.16. The third-order valence-corrected chi connectivity index (χ3v) is 3.51. The van der Waals surface area contributed by atoms with E-state index in [1.54, 1.807) is 12.1 Å². The second-order valence-corrected chi connectivity index (χ2v) is 4.99. The van der Waals surface area contributed by atoms with Crippen LogP contribution in [0.25, 0.3) is 0 Å². The van der Waals surface area contributed by atoms with Crippen LogP contribution in [-0.2, 0) is 0 Å². The van der Waals surface area contributed by atoms with Crippen molar-refractivity contribution in [1.29, 1.82) is 0 Å². The monoisotopic (exact) mass is 263 g/mol. The van der Waals surface area contributed by atoms with Crippen molar-refractivity contribution in [2.45, 2.75) is 32.2 Å². The van der Waals surface area contributed by atoms with Gasteiger partial charge in [0.05, 0.1) is 0 Å². The van der Waals surface area contributed by atoms with Crippen LogP contribution in [0.15, 0.2) is 12.1 Å². The van der Waals surface area contributed by atoms with Crippen LogP contribution in [0.4, 0.5) is 5.82 Å². The molecule has 1 saturated heterocycles. The molecule has 0 saturated carbocycles. The second-order valence-electron chi connectivity index (χ2n) is 4.99. The van der Waals surface area contributed by atoms with E-state index in [9.17, 15) is 4.79 Å². The highest BCUT2D eigenvalue weighted by molar-refractivity contribution is 5.90. The Balaban J connectivity index is 1.82. The van der Waals surface area contributed by atoms with Gasteiger partial charge in [-0.1, -0.05) is 6.42 Å². The molecule has 0 spiro atoms. The Morgan fingerprint density at radius 2 is 2.11 bits per heavy atom. The molecule has 1 aliphatic heterocycles. The molecule has 19 heavy (non-hydrogen) atoms. The molecule has 0 radical (unpaired) electrons. The molecule has 0 aliphatic carbocycles. The summed E-state index contributed by atoms with van der Waals surface area (Å²) in [5, 5.41) is 10.9. The molecule has 2 heterocycles. The van der Waals surface area contributed by atoms with Crippen molar-refractivity contribution in [3.63, 3.8) is 0 Å². The van der Waals surface area contributed by atoms with Gasteiger partial charge in [-0.05, 0) is 45.0 Å². The molecule has 6 nitrogen and oxygen atoms in total. The molecule has 1 aliphatic rings. The maximum Gasteiger partial charge on any atom is 0.269 e. The normalized spacial score (nSPS) is 17.9. The van der Waals surface area contributed by atoms with Gasteiger partial charge in [0, 0.05) is 12.6 Å². The lowest BCUT2D eigenvalue weighted by atomic mass is 10.1. The molecule has 2 rings (SSSR count). The zero-order valence-corrected chi connectivity index (χ0v) is 11.3. The molecule has 1 atom stereocenters. The number of nitrogens with zero attached hydrogens (tertiary/aromatic N) is 3. The quantitative estimate of drug-likeness (QED) is 0.823. The number of likely N-dealkylation sites (tertiary alicyclic amines) is 1. The van der Waals surface area contributed by atoms with Gasteiger partial charge in [0.25, 0.3) is 5.91 Å². The van der Waals surface area contributed by atoms with E-state index in [0.29, 0.717) is 11.9 Å². The Bertz CT molecular complexity index is 414. The molecule has 1 aromatic rings. The van der Waals surface area contributed by atoms with Crippen molar-refractivity contribution in [1.82, 2.24) is 15.1 Å². The van der Waals surface area contributed by atoms with Gasteiger partial charge in [0.15, 0.2) is 5.69 Å². The number of carbonyl (C=O) groups excluding carboxylic acids is 1. The van der Waals surface area contributed by atoms with Crippen LogP contribution < -0.4 is 11.1 Å². The molecule has 1 unspecified atom stereocenters. The number of piperidine rings is 1. The number of amides is 1. The van der Waals surface area contributed by atoms with Crippen LogP contribution >= 0.6 is 0 Å². The summed E-state index contributed by atoms with van der Waals surface area (Å²) in [7, 11) is 0. The van der Waals surface area contributed by atoms with Gasteiger partial charge in [-0.15, -0.1) is 10.2 Å². The number of carbonyl (C=O) groups is 1. The molecule has 3 N–H and O–H groups in total. The third kappa shape index (κ3) is 3.89. The van der Waals surface area contributed by atoms with Gasteiger partial charge in [0.2, 0.25) is 0 Å². The lowest BCUT2D eigenvalue weighted by Crippen LogP contribution is -2.41. The van der Waals surface area contributed by atoms with Gasteiger partial charge in [-0.2, -0.15) is 0 Å². The average Bonchev–Trinajstić information content (AvgIpc) is 2.46. The number of nitrogens with one attached hydrogen (secondary N) is 1. The minimum absolute atomic E-state index is 0.189. The first kappa shape index (κ1) is 13.7. The van der Waals surface area contributed by atoms with E-state index in [2.05, 4.69) is 27.3 Å². The summed E-state index contributed by atoms with van der Waals surface area (Å²) in [6.45, 7) is 5.39. The maximum atomic E-state index is 10.9. The molecule has 0 aromatic carbocycles. The van der Waals surface area contributed by atoms with E-state index in [1.807, 2.05) is 0 Å². The van der Waals surface area contributed by atoms with Crippen molar-refractivity contribution in [3.8, 4) is 0 Å². The third-order valence-electron chi connectivity index (χ3n) is 3.51. The summed E-state index contributed by atoms with van der Waals surface area (Å²) in [6, 6.07) is 3.79. The number of nitrogens with two attached hydrogens (primary N) is 1. The zero-order chi connectivity index (χ0) is 13.7. The first-order valence-electron chi connectivity index (χ1n) is 6.78.